The summed E-state index contributed by atoms with van der Waals surface area (Å²) in [5, 5.41) is 4.26. The molecule has 152 valence electrons. The molecule has 6 heteroatoms. The van der Waals surface area contributed by atoms with Gasteiger partial charge < -0.3 is 16.0 Å². The molecule has 0 aliphatic carbocycles. The Bertz CT molecular complexity index is 893. The minimum Gasteiger partial charge on any atom is -0.343 e. The summed E-state index contributed by atoms with van der Waals surface area (Å²) in [7, 11) is 0. The van der Waals surface area contributed by atoms with E-state index in [0.717, 1.165) is 36.3 Å². The second-order valence-electron chi connectivity index (χ2n) is 6.99. The van der Waals surface area contributed by atoms with Crippen LogP contribution in [0.4, 0.5) is 0 Å². The minimum atomic E-state index is -0.284. The van der Waals surface area contributed by atoms with E-state index in [0.29, 0.717) is 12.2 Å². The molecule has 0 bridgehead atoms. The van der Waals surface area contributed by atoms with E-state index in [9.17, 15) is 4.79 Å². The van der Waals surface area contributed by atoms with E-state index in [-0.39, 0.29) is 5.69 Å². The predicted octanol–water partition coefficient (Wildman–Crippen LogP) is 3.66. The van der Waals surface area contributed by atoms with Crippen LogP contribution in [0.2, 0.25) is 0 Å². The molecule has 0 spiro atoms. The largest absolute Gasteiger partial charge is 0.354 e. The summed E-state index contributed by atoms with van der Waals surface area (Å²) in [5.41, 5.74) is 8.79. The smallest absolute Gasteiger partial charge is 0.343 e. The van der Waals surface area contributed by atoms with Crippen LogP contribution < -0.4 is 16.7 Å². The number of rotatable bonds is 8. The molecule has 0 aliphatic heterocycles. The zero-order chi connectivity index (χ0) is 20.4. The van der Waals surface area contributed by atoms with Crippen LogP contribution in [0.25, 0.3) is 16.7 Å². The number of unbranched alkanes of at least 4 members (excludes halogenated alkanes) is 2. The normalized spacial score (nSPS) is 10.7. The van der Waals surface area contributed by atoms with Crippen molar-refractivity contribution in [3.05, 3.63) is 58.3 Å². The van der Waals surface area contributed by atoms with Gasteiger partial charge in [0.1, 0.15) is 5.65 Å². The highest BCUT2D eigenvalue weighted by atomic mass is 16.1. The third kappa shape index (κ3) is 6.32. The molecule has 0 fully saturated rings. The third-order valence-electron chi connectivity index (χ3n) is 4.45. The van der Waals surface area contributed by atoms with Crippen molar-refractivity contribution in [2.75, 3.05) is 13.1 Å². The molecule has 0 aliphatic rings. The highest BCUT2D eigenvalue weighted by Crippen LogP contribution is 2.13. The summed E-state index contributed by atoms with van der Waals surface area (Å²) < 4.78 is 1.57. The topological polar surface area (TPSA) is 88.7 Å². The molecule has 0 saturated carbocycles. The summed E-state index contributed by atoms with van der Waals surface area (Å²) in [6.07, 6.45) is 6.87. The fourth-order valence-electron chi connectivity index (χ4n) is 2.90. The van der Waals surface area contributed by atoms with Crippen molar-refractivity contribution in [2.24, 2.45) is 5.73 Å². The van der Waals surface area contributed by atoms with Gasteiger partial charge in [0.05, 0.1) is 5.69 Å². The van der Waals surface area contributed by atoms with Gasteiger partial charge in [-0.1, -0.05) is 45.2 Å². The number of H-pyrrole nitrogens is 1. The lowest BCUT2D eigenvalue weighted by molar-refractivity contribution is 0.655. The number of hydrogen-bond acceptors (Lipinski definition) is 4. The Morgan fingerprint density at radius 3 is 2.46 bits per heavy atom. The average molecular weight is 384 g/mol. The Morgan fingerprint density at radius 1 is 1.14 bits per heavy atom. The van der Waals surface area contributed by atoms with Crippen molar-refractivity contribution in [2.45, 2.75) is 53.0 Å². The highest BCUT2D eigenvalue weighted by molar-refractivity contribution is 5.75. The van der Waals surface area contributed by atoms with Gasteiger partial charge in [-0.2, -0.15) is 4.98 Å². The second kappa shape index (κ2) is 11.4. The first-order chi connectivity index (χ1) is 13.6. The molecule has 3 rings (SSSR count). The number of fused-ring (bicyclic) bond motifs is 1. The van der Waals surface area contributed by atoms with E-state index in [1.54, 1.807) is 4.57 Å². The van der Waals surface area contributed by atoms with Crippen molar-refractivity contribution >= 4 is 11.0 Å². The summed E-state index contributed by atoms with van der Waals surface area (Å²) in [5.74, 6) is 0. The van der Waals surface area contributed by atoms with Gasteiger partial charge in [-0.3, -0.25) is 4.57 Å². The molecule has 2 heterocycles. The van der Waals surface area contributed by atoms with E-state index in [4.69, 9.17) is 5.73 Å². The summed E-state index contributed by atoms with van der Waals surface area (Å²) >= 11 is 0. The maximum Gasteiger partial charge on any atom is 0.354 e. The van der Waals surface area contributed by atoms with Crippen LogP contribution in [0.15, 0.2) is 41.3 Å². The van der Waals surface area contributed by atoms with Crippen LogP contribution in [0.3, 0.4) is 0 Å². The molecule has 0 atom stereocenters. The van der Waals surface area contributed by atoms with Gasteiger partial charge in [0.15, 0.2) is 0 Å². The SMILES string of the molecule is CCCCC.Cc1cc2cn(-c3ccc(CNCCCN)cc3)c(=O)nc2[nH]1. The number of nitrogens with two attached hydrogens (primary N) is 1. The molecule has 4 N–H and O–H groups in total. The summed E-state index contributed by atoms with van der Waals surface area (Å²) in [6, 6.07) is 9.89. The molecule has 6 nitrogen and oxygen atoms in total. The standard InChI is InChI=1S/C17H21N5O.C5H12/c1-12-9-14-11-22(17(23)21-16(14)20-12)15-5-3-13(4-6-15)10-19-8-2-7-18;1-3-5-4-2/h3-6,9,11,19H,2,7-8,10,18H2,1H3,(H,20,21,23);3-5H2,1-2H3. The molecule has 0 unspecified atom stereocenters. The molecule has 0 saturated heterocycles. The van der Waals surface area contributed by atoms with Crippen LogP contribution in [0.1, 0.15) is 50.8 Å². The number of aromatic amines is 1. The van der Waals surface area contributed by atoms with Crippen LogP contribution in [-0.2, 0) is 6.54 Å². The highest BCUT2D eigenvalue weighted by Gasteiger charge is 2.06. The number of hydrogen-bond donors (Lipinski definition) is 3. The van der Waals surface area contributed by atoms with E-state index >= 15 is 0 Å². The molecule has 2 aromatic heterocycles. The lowest BCUT2D eigenvalue weighted by Crippen LogP contribution is -2.20. The van der Waals surface area contributed by atoms with Gasteiger partial charge in [-0.25, -0.2) is 4.79 Å². The van der Waals surface area contributed by atoms with E-state index < -0.39 is 0 Å². The van der Waals surface area contributed by atoms with Gasteiger partial charge >= 0.3 is 5.69 Å². The first kappa shape index (κ1) is 21.9. The van der Waals surface area contributed by atoms with Crippen LogP contribution >= 0.6 is 0 Å². The molecule has 28 heavy (non-hydrogen) atoms. The van der Waals surface area contributed by atoms with Gasteiger partial charge in [0.2, 0.25) is 0 Å². The second-order valence-corrected chi connectivity index (χ2v) is 6.99. The first-order valence-electron chi connectivity index (χ1n) is 10.2. The maximum absolute atomic E-state index is 12.2. The van der Waals surface area contributed by atoms with Crippen LogP contribution in [0, 0.1) is 6.92 Å². The fraction of sp³-hybridized carbons (Fsp3) is 0.455. The maximum atomic E-state index is 12.2. The molecular weight excluding hydrogens is 350 g/mol. The number of aromatic nitrogens is 3. The lowest BCUT2D eigenvalue weighted by Gasteiger charge is -2.07. The molecule has 1 aromatic carbocycles. The van der Waals surface area contributed by atoms with Crippen molar-refractivity contribution in [3.63, 3.8) is 0 Å². The van der Waals surface area contributed by atoms with E-state index in [1.165, 1.54) is 24.8 Å². The minimum absolute atomic E-state index is 0.284. The predicted molar refractivity (Wildman–Crippen MR) is 117 cm³/mol. The Hall–Kier alpha value is -2.44. The Morgan fingerprint density at radius 2 is 1.86 bits per heavy atom. The zero-order valence-electron chi connectivity index (χ0n) is 17.3. The quantitative estimate of drug-likeness (QED) is 0.518. The number of aryl methyl sites for hydroxylation is 1. The van der Waals surface area contributed by atoms with Crippen LogP contribution in [0.5, 0.6) is 0 Å². The van der Waals surface area contributed by atoms with Crippen LogP contribution in [-0.4, -0.2) is 27.6 Å². The van der Waals surface area contributed by atoms with Gasteiger partial charge in [0.25, 0.3) is 0 Å². The van der Waals surface area contributed by atoms with E-state index in [2.05, 4.69) is 29.1 Å². The Kier molecular flexibility index (Phi) is 8.91. The molecule has 0 amide bonds. The van der Waals surface area contributed by atoms with Gasteiger partial charge in [-0.15, -0.1) is 0 Å². The third-order valence-corrected chi connectivity index (χ3v) is 4.45. The van der Waals surface area contributed by atoms with Gasteiger partial charge in [0, 0.05) is 23.8 Å². The number of benzene rings is 1. The number of nitrogens with zero attached hydrogens (tertiary/aromatic N) is 2. The number of nitrogens with one attached hydrogen (secondary N) is 2. The monoisotopic (exact) mass is 383 g/mol. The summed E-state index contributed by atoms with van der Waals surface area (Å²) in [4.78, 5) is 19.4. The lowest BCUT2D eigenvalue weighted by atomic mass is 10.2. The fourth-order valence-corrected chi connectivity index (χ4v) is 2.90. The zero-order valence-corrected chi connectivity index (χ0v) is 17.3. The van der Waals surface area contributed by atoms with E-state index in [1.807, 2.05) is 43.5 Å². The van der Waals surface area contributed by atoms with Crippen molar-refractivity contribution < 1.29 is 0 Å². The van der Waals surface area contributed by atoms with Crippen molar-refractivity contribution in [3.8, 4) is 5.69 Å². The van der Waals surface area contributed by atoms with Crippen molar-refractivity contribution in [1.29, 1.82) is 0 Å². The van der Waals surface area contributed by atoms with Gasteiger partial charge in [-0.05, 0) is 50.2 Å². The first-order valence-corrected chi connectivity index (χ1v) is 10.2. The summed E-state index contributed by atoms with van der Waals surface area (Å²) in [6.45, 7) is 8.77. The van der Waals surface area contributed by atoms with Crippen molar-refractivity contribution in [1.82, 2.24) is 19.9 Å². The average Bonchev–Trinajstić information content (AvgIpc) is 3.05. The molecular formula is C22H33N5O. The molecule has 0 radical (unpaired) electrons. The molecule has 3 aromatic rings. The Balaban J connectivity index is 0.000000500. The Labute approximate surface area is 167 Å².